The van der Waals surface area contributed by atoms with Gasteiger partial charge in [-0.15, -0.1) is 0 Å². The van der Waals surface area contributed by atoms with E-state index in [1.165, 1.54) is 12.7 Å². The average Bonchev–Trinajstić information content (AvgIpc) is 2.42. The number of hydrogen-bond donors (Lipinski definition) is 0. The molecule has 1 aromatic rings. The standard InChI is InChI=1S/C14H18O4/c1-14(13(15)16-2)17-9-12(10-18-14)8-11-6-4-3-5-7-11/h3-7,12H,8-10H2,1-2H3. The van der Waals surface area contributed by atoms with E-state index in [9.17, 15) is 4.79 Å². The first-order valence-corrected chi connectivity index (χ1v) is 6.04. The van der Waals surface area contributed by atoms with Gasteiger partial charge in [-0.2, -0.15) is 0 Å². The molecular weight excluding hydrogens is 232 g/mol. The number of benzene rings is 1. The second-order valence-electron chi connectivity index (χ2n) is 4.62. The van der Waals surface area contributed by atoms with E-state index in [-0.39, 0.29) is 5.92 Å². The van der Waals surface area contributed by atoms with Crippen molar-refractivity contribution in [2.24, 2.45) is 5.92 Å². The van der Waals surface area contributed by atoms with Gasteiger partial charge in [0.1, 0.15) is 0 Å². The second kappa shape index (κ2) is 5.50. The molecule has 0 amide bonds. The molecule has 4 nitrogen and oxygen atoms in total. The molecule has 1 aliphatic heterocycles. The Morgan fingerprint density at radius 2 is 1.94 bits per heavy atom. The van der Waals surface area contributed by atoms with Crippen LogP contribution in [0, 0.1) is 5.92 Å². The molecule has 1 saturated heterocycles. The second-order valence-corrected chi connectivity index (χ2v) is 4.62. The fourth-order valence-electron chi connectivity index (χ4n) is 2.01. The summed E-state index contributed by atoms with van der Waals surface area (Å²) in [7, 11) is 1.33. The average molecular weight is 250 g/mol. The maximum absolute atomic E-state index is 11.5. The van der Waals surface area contributed by atoms with E-state index in [0.29, 0.717) is 13.2 Å². The van der Waals surface area contributed by atoms with Crippen LogP contribution in [0.3, 0.4) is 0 Å². The normalized spacial score (nSPS) is 27.8. The molecule has 0 unspecified atom stereocenters. The van der Waals surface area contributed by atoms with E-state index in [2.05, 4.69) is 16.9 Å². The molecule has 0 aromatic heterocycles. The molecule has 0 saturated carbocycles. The van der Waals surface area contributed by atoms with Gasteiger partial charge in [0, 0.05) is 12.8 Å². The van der Waals surface area contributed by atoms with E-state index in [1.54, 1.807) is 6.92 Å². The lowest BCUT2D eigenvalue weighted by Gasteiger charge is -2.35. The van der Waals surface area contributed by atoms with Crippen molar-refractivity contribution < 1.29 is 19.0 Å². The zero-order chi connectivity index (χ0) is 13.0. The van der Waals surface area contributed by atoms with Gasteiger partial charge in [0.2, 0.25) is 0 Å². The predicted octanol–water partition coefficient (Wildman–Crippen LogP) is 1.78. The van der Waals surface area contributed by atoms with E-state index in [1.807, 2.05) is 18.2 Å². The molecule has 0 spiro atoms. The van der Waals surface area contributed by atoms with Crippen molar-refractivity contribution in [1.29, 1.82) is 0 Å². The van der Waals surface area contributed by atoms with Crippen LogP contribution in [0.15, 0.2) is 30.3 Å². The molecule has 0 atom stereocenters. The Morgan fingerprint density at radius 3 is 2.50 bits per heavy atom. The minimum atomic E-state index is -1.25. The van der Waals surface area contributed by atoms with Crippen molar-refractivity contribution in [2.75, 3.05) is 20.3 Å². The predicted molar refractivity (Wildman–Crippen MR) is 66.0 cm³/mol. The molecule has 0 radical (unpaired) electrons. The molecule has 4 heteroatoms. The molecule has 0 N–H and O–H groups in total. The highest BCUT2D eigenvalue weighted by atomic mass is 16.7. The molecule has 0 bridgehead atoms. The van der Waals surface area contributed by atoms with Gasteiger partial charge in [-0.25, -0.2) is 4.79 Å². The highest BCUT2D eigenvalue weighted by molar-refractivity contribution is 5.77. The quantitative estimate of drug-likeness (QED) is 0.767. The lowest BCUT2D eigenvalue weighted by Crippen LogP contribution is -2.48. The highest BCUT2D eigenvalue weighted by Gasteiger charge is 2.41. The summed E-state index contributed by atoms with van der Waals surface area (Å²) in [5.41, 5.74) is 1.25. The lowest BCUT2D eigenvalue weighted by atomic mass is 10.00. The monoisotopic (exact) mass is 250 g/mol. The Kier molecular flexibility index (Phi) is 3.99. The van der Waals surface area contributed by atoms with Gasteiger partial charge >= 0.3 is 5.97 Å². The number of esters is 1. The van der Waals surface area contributed by atoms with Crippen LogP contribution in [0.2, 0.25) is 0 Å². The molecule has 1 fully saturated rings. The Balaban J connectivity index is 1.89. The van der Waals surface area contributed by atoms with E-state index in [0.717, 1.165) is 6.42 Å². The first-order chi connectivity index (χ1) is 8.64. The number of carbonyl (C=O) groups is 1. The molecule has 0 aliphatic carbocycles. The Labute approximate surface area is 107 Å². The summed E-state index contributed by atoms with van der Waals surface area (Å²) < 4.78 is 15.7. The Bertz CT molecular complexity index is 394. The maximum atomic E-state index is 11.5. The van der Waals surface area contributed by atoms with Crippen molar-refractivity contribution in [2.45, 2.75) is 19.1 Å². The van der Waals surface area contributed by atoms with Gasteiger partial charge in [0.05, 0.1) is 20.3 Å². The number of ether oxygens (including phenoxy) is 3. The summed E-state index contributed by atoms with van der Waals surface area (Å²) in [6, 6.07) is 10.2. The summed E-state index contributed by atoms with van der Waals surface area (Å²) in [6.45, 7) is 2.60. The number of rotatable bonds is 3. The zero-order valence-electron chi connectivity index (χ0n) is 10.7. The third-order valence-electron chi connectivity index (χ3n) is 3.11. The molecular formula is C14H18O4. The van der Waals surface area contributed by atoms with Crippen molar-refractivity contribution in [3.63, 3.8) is 0 Å². The van der Waals surface area contributed by atoms with Crippen molar-refractivity contribution in [1.82, 2.24) is 0 Å². The van der Waals surface area contributed by atoms with E-state index in [4.69, 9.17) is 9.47 Å². The van der Waals surface area contributed by atoms with Crippen LogP contribution in [0.4, 0.5) is 0 Å². The third-order valence-corrected chi connectivity index (χ3v) is 3.11. The molecule has 1 aliphatic rings. The maximum Gasteiger partial charge on any atom is 0.366 e. The molecule has 98 valence electrons. The number of carbonyl (C=O) groups excluding carboxylic acids is 1. The van der Waals surface area contributed by atoms with Crippen LogP contribution in [0.5, 0.6) is 0 Å². The van der Waals surface area contributed by atoms with Gasteiger partial charge in [-0.1, -0.05) is 30.3 Å². The molecule has 2 rings (SSSR count). The van der Waals surface area contributed by atoms with E-state index < -0.39 is 11.8 Å². The third kappa shape index (κ3) is 2.89. The van der Waals surface area contributed by atoms with Gasteiger partial charge < -0.3 is 14.2 Å². The van der Waals surface area contributed by atoms with Crippen LogP contribution in [0.25, 0.3) is 0 Å². The first-order valence-electron chi connectivity index (χ1n) is 6.04. The summed E-state index contributed by atoms with van der Waals surface area (Å²) in [5.74, 6) is -1.46. The summed E-state index contributed by atoms with van der Waals surface area (Å²) >= 11 is 0. The summed E-state index contributed by atoms with van der Waals surface area (Å²) in [6.07, 6.45) is 0.887. The van der Waals surface area contributed by atoms with Crippen LogP contribution < -0.4 is 0 Å². The fraction of sp³-hybridized carbons (Fsp3) is 0.500. The summed E-state index contributed by atoms with van der Waals surface area (Å²) in [4.78, 5) is 11.5. The fourth-order valence-corrected chi connectivity index (χ4v) is 2.01. The largest absolute Gasteiger partial charge is 0.465 e. The minimum absolute atomic E-state index is 0.269. The van der Waals surface area contributed by atoms with E-state index >= 15 is 0 Å². The van der Waals surface area contributed by atoms with Crippen LogP contribution in [0.1, 0.15) is 12.5 Å². The van der Waals surface area contributed by atoms with Gasteiger partial charge in [0.25, 0.3) is 5.79 Å². The Hall–Kier alpha value is -1.39. The van der Waals surface area contributed by atoms with Gasteiger partial charge in [-0.3, -0.25) is 0 Å². The van der Waals surface area contributed by atoms with Crippen molar-refractivity contribution in [3.8, 4) is 0 Å². The highest BCUT2D eigenvalue weighted by Crippen LogP contribution is 2.24. The smallest absolute Gasteiger partial charge is 0.366 e. The lowest BCUT2D eigenvalue weighted by molar-refractivity contribution is -0.272. The van der Waals surface area contributed by atoms with Crippen LogP contribution in [-0.4, -0.2) is 32.1 Å². The van der Waals surface area contributed by atoms with Crippen LogP contribution in [-0.2, 0) is 25.4 Å². The minimum Gasteiger partial charge on any atom is -0.465 e. The zero-order valence-corrected chi connectivity index (χ0v) is 10.7. The van der Waals surface area contributed by atoms with Gasteiger partial charge in [-0.05, 0) is 12.0 Å². The van der Waals surface area contributed by atoms with Gasteiger partial charge in [0.15, 0.2) is 0 Å². The topological polar surface area (TPSA) is 44.8 Å². The van der Waals surface area contributed by atoms with Crippen LogP contribution >= 0.6 is 0 Å². The van der Waals surface area contributed by atoms with Crippen molar-refractivity contribution >= 4 is 5.97 Å². The number of hydrogen-bond acceptors (Lipinski definition) is 4. The summed E-state index contributed by atoms with van der Waals surface area (Å²) in [5, 5.41) is 0. The SMILES string of the molecule is COC(=O)C1(C)OCC(Cc2ccccc2)CO1. The molecule has 1 heterocycles. The molecule has 18 heavy (non-hydrogen) atoms. The first kappa shape index (κ1) is 13.1. The van der Waals surface area contributed by atoms with Crippen molar-refractivity contribution in [3.05, 3.63) is 35.9 Å². The molecule has 1 aromatic carbocycles. The number of methoxy groups -OCH3 is 1. The Morgan fingerprint density at radius 1 is 1.33 bits per heavy atom.